The van der Waals surface area contributed by atoms with Gasteiger partial charge in [0.1, 0.15) is 0 Å². The number of aromatic carboxylic acids is 1. The van der Waals surface area contributed by atoms with E-state index in [0.717, 1.165) is 44.5 Å². The first-order valence-electron chi connectivity index (χ1n) is 8.81. The second-order valence-corrected chi connectivity index (χ2v) is 6.28. The molecule has 2 rings (SSSR count). The fourth-order valence-electron chi connectivity index (χ4n) is 2.50. The van der Waals surface area contributed by atoms with E-state index < -0.39 is 5.97 Å². The van der Waals surface area contributed by atoms with Gasteiger partial charge in [-0.25, -0.2) is 4.79 Å². The van der Waals surface area contributed by atoms with Crippen LogP contribution in [0.3, 0.4) is 0 Å². The van der Waals surface area contributed by atoms with Gasteiger partial charge in [-0.05, 0) is 56.0 Å². The summed E-state index contributed by atoms with van der Waals surface area (Å²) >= 11 is 0. The Morgan fingerprint density at radius 3 is 2.32 bits per heavy atom. The number of carboxylic acid groups (broad SMARTS) is 1. The van der Waals surface area contributed by atoms with E-state index in [9.17, 15) is 4.79 Å². The first-order chi connectivity index (χ1) is 12.1. The highest BCUT2D eigenvalue weighted by Crippen LogP contribution is 2.06. The van der Waals surface area contributed by atoms with Crippen molar-refractivity contribution in [2.45, 2.75) is 39.3 Å². The van der Waals surface area contributed by atoms with Crippen LogP contribution in [0.2, 0.25) is 0 Å². The number of benzene rings is 2. The summed E-state index contributed by atoms with van der Waals surface area (Å²) in [6.45, 7) is 5.29. The van der Waals surface area contributed by atoms with Gasteiger partial charge < -0.3 is 15.2 Å². The zero-order valence-corrected chi connectivity index (χ0v) is 14.8. The number of rotatable bonds is 11. The van der Waals surface area contributed by atoms with Crippen LogP contribution in [0.5, 0.6) is 0 Å². The standard InChI is InChI=1S/C21H27NO3/c1-17-5-7-19(8-6-17)16-25-14-4-2-3-13-22-15-18-9-11-20(12-10-18)21(23)24/h5-12,22H,2-4,13-16H2,1H3,(H,23,24). The Morgan fingerprint density at radius 2 is 1.64 bits per heavy atom. The molecular weight excluding hydrogens is 314 g/mol. The average Bonchev–Trinajstić information content (AvgIpc) is 2.62. The minimum absolute atomic E-state index is 0.328. The summed E-state index contributed by atoms with van der Waals surface area (Å²) in [5.41, 5.74) is 3.93. The Bertz CT molecular complexity index is 635. The van der Waals surface area contributed by atoms with E-state index in [1.165, 1.54) is 11.1 Å². The fraction of sp³-hybridized carbons (Fsp3) is 0.381. The maximum absolute atomic E-state index is 10.8. The summed E-state index contributed by atoms with van der Waals surface area (Å²) in [5, 5.41) is 12.2. The number of aryl methyl sites for hydroxylation is 1. The van der Waals surface area contributed by atoms with Crippen molar-refractivity contribution in [3.63, 3.8) is 0 Å². The molecule has 4 nitrogen and oxygen atoms in total. The van der Waals surface area contributed by atoms with Gasteiger partial charge in [0, 0.05) is 13.2 Å². The lowest BCUT2D eigenvalue weighted by Gasteiger charge is -2.07. The molecule has 0 fully saturated rings. The summed E-state index contributed by atoms with van der Waals surface area (Å²) in [6, 6.07) is 15.4. The highest BCUT2D eigenvalue weighted by molar-refractivity contribution is 5.87. The molecule has 0 aliphatic heterocycles. The number of carboxylic acids is 1. The lowest BCUT2D eigenvalue weighted by molar-refractivity contribution is 0.0697. The van der Waals surface area contributed by atoms with Crippen LogP contribution in [0.25, 0.3) is 0 Å². The molecule has 0 unspecified atom stereocenters. The van der Waals surface area contributed by atoms with Crippen molar-refractivity contribution < 1.29 is 14.6 Å². The molecule has 2 aromatic rings. The predicted molar refractivity (Wildman–Crippen MR) is 99.8 cm³/mol. The quantitative estimate of drug-likeness (QED) is 0.602. The van der Waals surface area contributed by atoms with Crippen LogP contribution in [0.1, 0.15) is 46.3 Å². The summed E-state index contributed by atoms with van der Waals surface area (Å²) < 4.78 is 5.70. The van der Waals surface area contributed by atoms with Crippen LogP contribution in [-0.4, -0.2) is 24.2 Å². The lowest BCUT2D eigenvalue weighted by Crippen LogP contribution is -2.14. The van der Waals surface area contributed by atoms with E-state index in [1.807, 2.05) is 12.1 Å². The van der Waals surface area contributed by atoms with E-state index >= 15 is 0 Å². The molecule has 0 heterocycles. The van der Waals surface area contributed by atoms with Crippen molar-refractivity contribution in [3.05, 3.63) is 70.8 Å². The van der Waals surface area contributed by atoms with Crippen molar-refractivity contribution in [3.8, 4) is 0 Å². The van der Waals surface area contributed by atoms with Crippen molar-refractivity contribution in [1.82, 2.24) is 5.32 Å². The fourth-order valence-corrected chi connectivity index (χ4v) is 2.50. The molecule has 0 amide bonds. The van der Waals surface area contributed by atoms with Gasteiger partial charge in [-0.15, -0.1) is 0 Å². The Morgan fingerprint density at radius 1 is 0.960 bits per heavy atom. The van der Waals surface area contributed by atoms with Crippen molar-refractivity contribution in [2.75, 3.05) is 13.2 Å². The average molecular weight is 341 g/mol. The molecule has 0 saturated heterocycles. The molecule has 2 N–H and O–H groups in total. The largest absolute Gasteiger partial charge is 0.478 e. The zero-order valence-electron chi connectivity index (χ0n) is 14.8. The maximum atomic E-state index is 10.8. The Balaban J connectivity index is 1.46. The van der Waals surface area contributed by atoms with E-state index in [-0.39, 0.29) is 0 Å². The summed E-state index contributed by atoms with van der Waals surface area (Å²) in [5.74, 6) is -0.885. The number of carbonyl (C=O) groups is 1. The summed E-state index contributed by atoms with van der Waals surface area (Å²) in [6.07, 6.45) is 3.32. The topological polar surface area (TPSA) is 58.6 Å². The van der Waals surface area contributed by atoms with Gasteiger partial charge in [0.2, 0.25) is 0 Å². The molecule has 0 aromatic heterocycles. The van der Waals surface area contributed by atoms with Gasteiger partial charge >= 0.3 is 5.97 Å². The van der Waals surface area contributed by atoms with Gasteiger partial charge in [-0.1, -0.05) is 42.0 Å². The van der Waals surface area contributed by atoms with Crippen molar-refractivity contribution >= 4 is 5.97 Å². The van der Waals surface area contributed by atoms with Gasteiger partial charge in [0.25, 0.3) is 0 Å². The minimum atomic E-state index is -0.885. The van der Waals surface area contributed by atoms with Gasteiger partial charge in [-0.2, -0.15) is 0 Å². The minimum Gasteiger partial charge on any atom is -0.478 e. The highest BCUT2D eigenvalue weighted by atomic mass is 16.5. The van der Waals surface area contributed by atoms with Crippen LogP contribution in [-0.2, 0) is 17.9 Å². The molecule has 0 aliphatic rings. The Hall–Kier alpha value is -2.17. The van der Waals surface area contributed by atoms with Gasteiger partial charge in [0.15, 0.2) is 0 Å². The SMILES string of the molecule is Cc1ccc(COCCCCCNCc2ccc(C(=O)O)cc2)cc1. The van der Waals surface area contributed by atoms with Crippen molar-refractivity contribution in [2.24, 2.45) is 0 Å². The first-order valence-corrected chi connectivity index (χ1v) is 8.81. The number of hydrogen-bond donors (Lipinski definition) is 2. The Kier molecular flexibility index (Phi) is 8.16. The number of unbranched alkanes of at least 4 members (excludes halogenated alkanes) is 2. The normalized spacial score (nSPS) is 10.8. The van der Waals surface area contributed by atoms with Crippen LogP contribution in [0.4, 0.5) is 0 Å². The third-order valence-corrected chi connectivity index (χ3v) is 4.06. The molecule has 0 bridgehead atoms. The van der Waals surface area contributed by atoms with Crippen LogP contribution in [0.15, 0.2) is 48.5 Å². The maximum Gasteiger partial charge on any atom is 0.335 e. The van der Waals surface area contributed by atoms with Gasteiger partial charge in [-0.3, -0.25) is 0 Å². The molecule has 0 saturated carbocycles. The van der Waals surface area contributed by atoms with E-state index in [4.69, 9.17) is 9.84 Å². The molecular formula is C21H27NO3. The molecule has 134 valence electrons. The monoisotopic (exact) mass is 341 g/mol. The Labute approximate surface area is 149 Å². The first kappa shape index (κ1) is 19.2. The van der Waals surface area contributed by atoms with Crippen LogP contribution >= 0.6 is 0 Å². The molecule has 2 aromatic carbocycles. The smallest absolute Gasteiger partial charge is 0.335 e. The molecule has 0 radical (unpaired) electrons. The summed E-state index contributed by atoms with van der Waals surface area (Å²) in [4.78, 5) is 10.8. The van der Waals surface area contributed by atoms with E-state index in [2.05, 4.69) is 36.5 Å². The van der Waals surface area contributed by atoms with E-state index in [0.29, 0.717) is 12.2 Å². The lowest BCUT2D eigenvalue weighted by atomic mass is 10.1. The number of ether oxygens (including phenoxy) is 1. The predicted octanol–water partition coefficient (Wildman–Crippen LogP) is 4.17. The van der Waals surface area contributed by atoms with Crippen LogP contribution in [0, 0.1) is 6.92 Å². The molecule has 0 spiro atoms. The molecule has 4 heteroatoms. The van der Waals surface area contributed by atoms with Gasteiger partial charge in [0.05, 0.1) is 12.2 Å². The number of nitrogens with one attached hydrogen (secondary N) is 1. The third-order valence-electron chi connectivity index (χ3n) is 4.06. The van der Waals surface area contributed by atoms with E-state index in [1.54, 1.807) is 12.1 Å². The highest BCUT2D eigenvalue weighted by Gasteiger charge is 2.01. The van der Waals surface area contributed by atoms with Crippen molar-refractivity contribution in [1.29, 1.82) is 0 Å². The molecule has 0 atom stereocenters. The zero-order chi connectivity index (χ0) is 17.9. The van der Waals surface area contributed by atoms with Crippen LogP contribution < -0.4 is 5.32 Å². The molecule has 25 heavy (non-hydrogen) atoms. The number of hydrogen-bond acceptors (Lipinski definition) is 3. The second kappa shape index (κ2) is 10.6. The second-order valence-electron chi connectivity index (χ2n) is 6.28. The third kappa shape index (κ3) is 7.50. The summed E-state index contributed by atoms with van der Waals surface area (Å²) in [7, 11) is 0. The molecule has 0 aliphatic carbocycles.